The molecule has 2 heteroatoms. The second kappa shape index (κ2) is 8.60. The number of hydrogen-bond acceptors (Lipinski definition) is 2. The molecule has 0 spiro atoms. The summed E-state index contributed by atoms with van der Waals surface area (Å²) in [4.78, 5) is 0. The van der Waals surface area contributed by atoms with Gasteiger partial charge in [-0.2, -0.15) is 10.2 Å². The molecule has 0 N–H and O–H groups in total. The largest absolute Gasteiger partial charge is 0.198 e. The zero-order valence-corrected chi connectivity index (χ0v) is 7.14. The van der Waals surface area contributed by atoms with E-state index in [4.69, 9.17) is 0 Å². The quantitative estimate of drug-likeness (QED) is 0.402. The molecular weight excluding hydrogens is 124 g/mol. The molecule has 0 aromatic heterocycles. The van der Waals surface area contributed by atoms with E-state index in [-0.39, 0.29) is 0 Å². The lowest BCUT2D eigenvalue weighted by atomic mass is 10.2. The van der Waals surface area contributed by atoms with Crippen molar-refractivity contribution in [1.82, 2.24) is 0 Å². The maximum absolute atomic E-state index is 3.89. The molecule has 0 amide bonds. The Morgan fingerprint density at radius 3 is 2.30 bits per heavy atom. The number of nitrogens with zero attached hydrogens (tertiary/aromatic N) is 2. The molecule has 0 aliphatic heterocycles. The topological polar surface area (TPSA) is 24.7 Å². The number of unbranched alkanes of at least 4 members (excludes halogenated alkanes) is 4. The molecule has 60 valence electrons. The molecule has 0 bridgehead atoms. The first-order chi connectivity index (χ1) is 4.91. The van der Waals surface area contributed by atoms with Crippen LogP contribution in [0.15, 0.2) is 10.2 Å². The van der Waals surface area contributed by atoms with E-state index in [0.717, 1.165) is 6.54 Å². The summed E-state index contributed by atoms with van der Waals surface area (Å²) in [6, 6.07) is 0. The second-order valence-electron chi connectivity index (χ2n) is 2.48. The minimum absolute atomic E-state index is 0.917. The van der Waals surface area contributed by atoms with Crippen LogP contribution < -0.4 is 0 Å². The summed E-state index contributed by atoms with van der Waals surface area (Å²) < 4.78 is 0. The summed E-state index contributed by atoms with van der Waals surface area (Å²) in [7, 11) is 1.73. The fourth-order valence-corrected chi connectivity index (χ4v) is 0.886. The molecule has 0 aliphatic rings. The smallest absolute Gasteiger partial charge is 0.0598 e. The van der Waals surface area contributed by atoms with Crippen molar-refractivity contribution >= 4 is 0 Å². The van der Waals surface area contributed by atoms with Gasteiger partial charge in [0.1, 0.15) is 0 Å². The van der Waals surface area contributed by atoms with Gasteiger partial charge in [-0.25, -0.2) is 0 Å². The van der Waals surface area contributed by atoms with Crippen molar-refractivity contribution < 1.29 is 0 Å². The molecular formula is C8H18N2. The van der Waals surface area contributed by atoms with Gasteiger partial charge in [-0.3, -0.25) is 0 Å². The minimum atomic E-state index is 0.917. The molecule has 0 saturated heterocycles. The fourth-order valence-electron chi connectivity index (χ4n) is 0.886. The number of rotatable bonds is 6. The van der Waals surface area contributed by atoms with Gasteiger partial charge in [-0.05, 0) is 6.42 Å². The minimum Gasteiger partial charge on any atom is -0.198 e. The Hall–Kier alpha value is -0.400. The van der Waals surface area contributed by atoms with Crippen LogP contribution in [0, 0.1) is 0 Å². The third-order valence-electron chi connectivity index (χ3n) is 1.50. The van der Waals surface area contributed by atoms with E-state index in [1.165, 1.54) is 32.1 Å². The summed E-state index contributed by atoms with van der Waals surface area (Å²) in [5.41, 5.74) is 0. The zero-order chi connectivity index (χ0) is 7.66. The van der Waals surface area contributed by atoms with Crippen LogP contribution >= 0.6 is 0 Å². The van der Waals surface area contributed by atoms with E-state index in [1.807, 2.05) is 0 Å². The van der Waals surface area contributed by atoms with E-state index >= 15 is 0 Å². The third kappa shape index (κ3) is 7.60. The molecule has 0 aliphatic carbocycles. The summed E-state index contributed by atoms with van der Waals surface area (Å²) in [5.74, 6) is 0. The monoisotopic (exact) mass is 142 g/mol. The maximum atomic E-state index is 3.89. The molecule has 10 heavy (non-hydrogen) atoms. The fraction of sp³-hybridized carbons (Fsp3) is 1.00. The van der Waals surface area contributed by atoms with Crippen molar-refractivity contribution in [2.45, 2.75) is 39.0 Å². The van der Waals surface area contributed by atoms with E-state index in [2.05, 4.69) is 17.2 Å². The van der Waals surface area contributed by atoms with Crippen LogP contribution in [-0.4, -0.2) is 13.6 Å². The second-order valence-corrected chi connectivity index (χ2v) is 2.48. The van der Waals surface area contributed by atoms with Gasteiger partial charge in [-0.1, -0.05) is 32.6 Å². The molecule has 0 saturated carbocycles. The molecule has 0 atom stereocenters. The van der Waals surface area contributed by atoms with Crippen molar-refractivity contribution in [3.8, 4) is 0 Å². The van der Waals surface area contributed by atoms with Crippen LogP contribution in [-0.2, 0) is 0 Å². The number of hydrogen-bond donors (Lipinski definition) is 0. The van der Waals surface area contributed by atoms with E-state index in [0.29, 0.717) is 0 Å². The Morgan fingerprint density at radius 2 is 1.70 bits per heavy atom. The highest BCUT2D eigenvalue weighted by atomic mass is 15.1. The van der Waals surface area contributed by atoms with Crippen molar-refractivity contribution in [2.24, 2.45) is 10.2 Å². The maximum Gasteiger partial charge on any atom is 0.0598 e. The lowest BCUT2D eigenvalue weighted by molar-refractivity contribution is 0.631. The van der Waals surface area contributed by atoms with Crippen molar-refractivity contribution in [1.29, 1.82) is 0 Å². The van der Waals surface area contributed by atoms with E-state index in [1.54, 1.807) is 7.05 Å². The average molecular weight is 142 g/mol. The van der Waals surface area contributed by atoms with Crippen LogP contribution in [0.3, 0.4) is 0 Å². The van der Waals surface area contributed by atoms with Gasteiger partial charge >= 0.3 is 0 Å². The Morgan fingerprint density at radius 1 is 1.00 bits per heavy atom. The molecule has 2 nitrogen and oxygen atoms in total. The molecule has 0 unspecified atom stereocenters. The Labute approximate surface area is 63.7 Å². The van der Waals surface area contributed by atoms with Gasteiger partial charge < -0.3 is 0 Å². The van der Waals surface area contributed by atoms with Crippen LogP contribution in [0.1, 0.15) is 39.0 Å². The van der Waals surface area contributed by atoms with Crippen LogP contribution in [0.2, 0.25) is 0 Å². The highest BCUT2D eigenvalue weighted by Gasteiger charge is 1.85. The van der Waals surface area contributed by atoms with Crippen LogP contribution in [0.25, 0.3) is 0 Å². The first-order valence-corrected chi connectivity index (χ1v) is 4.17. The van der Waals surface area contributed by atoms with E-state index < -0.39 is 0 Å². The summed E-state index contributed by atoms with van der Waals surface area (Å²) in [5, 5.41) is 7.57. The van der Waals surface area contributed by atoms with Crippen LogP contribution in [0.4, 0.5) is 0 Å². The lowest BCUT2D eigenvalue weighted by Crippen LogP contribution is -1.80. The molecule has 0 aromatic rings. The van der Waals surface area contributed by atoms with Gasteiger partial charge in [0.25, 0.3) is 0 Å². The predicted octanol–water partition coefficient (Wildman–Crippen LogP) is 3.04. The van der Waals surface area contributed by atoms with Crippen molar-refractivity contribution in [3.05, 3.63) is 0 Å². The molecule has 0 fully saturated rings. The highest BCUT2D eigenvalue weighted by molar-refractivity contribution is 4.43. The summed E-state index contributed by atoms with van der Waals surface area (Å²) in [6.45, 7) is 3.14. The van der Waals surface area contributed by atoms with Crippen molar-refractivity contribution in [3.63, 3.8) is 0 Å². The van der Waals surface area contributed by atoms with Crippen molar-refractivity contribution in [2.75, 3.05) is 13.6 Å². The third-order valence-corrected chi connectivity index (χ3v) is 1.50. The molecule has 0 aromatic carbocycles. The first kappa shape index (κ1) is 9.60. The SMILES string of the molecule is CCCCCCCN=NC. The van der Waals surface area contributed by atoms with Gasteiger partial charge in [0.15, 0.2) is 0 Å². The summed E-state index contributed by atoms with van der Waals surface area (Å²) in [6.07, 6.45) is 6.55. The van der Waals surface area contributed by atoms with Gasteiger partial charge in [-0.15, -0.1) is 0 Å². The molecule has 0 radical (unpaired) electrons. The zero-order valence-electron chi connectivity index (χ0n) is 7.14. The molecule has 0 rings (SSSR count). The Bertz CT molecular complexity index is 79.3. The average Bonchev–Trinajstić information content (AvgIpc) is 1.97. The van der Waals surface area contributed by atoms with Gasteiger partial charge in [0.2, 0.25) is 0 Å². The normalized spacial score (nSPS) is 11.0. The van der Waals surface area contributed by atoms with E-state index in [9.17, 15) is 0 Å². The standard InChI is InChI=1S/C8H18N2/c1-3-4-5-6-7-8-10-9-2/h3-8H2,1-2H3. The Kier molecular flexibility index (Phi) is 8.26. The predicted molar refractivity (Wildman–Crippen MR) is 44.4 cm³/mol. The lowest BCUT2D eigenvalue weighted by Gasteiger charge is -1.94. The van der Waals surface area contributed by atoms with Gasteiger partial charge in [0, 0.05) is 7.05 Å². The molecule has 0 heterocycles. The summed E-state index contributed by atoms with van der Waals surface area (Å²) >= 11 is 0. The Balaban J connectivity index is 2.77. The number of azo groups is 1. The highest BCUT2D eigenvalue weighted by Crippen LogP contribution is 2.01. The van der Waals surface area contributed by atoms with Crippen LogP contribution in [0.5, 0.6) is 0 Å². The van der Waals surface area contributed by atoms with Gasteiger partial charge in [0.05, 0.1) is 6.54 Å². The first-order valence-electron chi connectivity index (χ1n) is 4.17.